The Labute approximate surface area is 172 Å². The molecule has 1 heterocycles. The Morgan fingerprint density at radius 3 is 2.54 bits per heavy atom. The third kappa shape index (κ3) is 4.07. The zero-order valence-corrected chi connectivity index (χ0v) is 17.0. The minimum Gasteiger partial charge on any atom is -0.305 e. The Bertz CT molecular complexity index is 1150. The lowest BCUT2D eigenvalue weighted by molar-refractivity contribution is -0.115. The highest BCUT2D eigenvalue weighted by atomic mass is 32.2. The summed E-state index contributed by atoms with van der Waals surface area (Å²) in [6.45, 7) is 3.80. The largest absolute Gasteiger partial charge is 0.305 e. The zero-order valence-electron chi connectivity index (χ0n) is 15.2. The summed E-state index contributed by atoms with van der Waals surface area (Å²) < 4.78 is 1.59. The molecule has 1 aromatic heterocycles. The highest BCUT2D eigenvalue weighted by molar-refractivity contribution is 7.82. The van der Waals surface area contributed by atoms with E-state index >= 15 is 0 Å². The molecule has 0 aliphatic heterocycles. The van der Waals surface area contributed by atoms with Crippen molar-refractivity contribution >= 4 is 51.9 Å². The zero-order chi connectivity index (χ0) is 20.3. The SMILES string of the molecule is CC(C)N(C(=O)/C(C#N)=C\c1ccc(C#N)cc1)c1ccc2nc(S)sc2c1. The van der Waals surface area contributed by atoms with E-state index in [4.69, 9.17) is 5.26 Å². The van der Waals surface area contributed by atoms with Gasteiger partial charge in [0.15, 0.2) is 0 Å². The number of hydrogen-bond donors (Lipinski definition) is 1. The number of benzene rings is 2. The van der Waals surface area contributed by atoms with Crippen molar-refractivity contribution in [3.05, 3.63) is 59.2 Å². The van der Waals surface area contributed by atoms with Crippen LogP contribution in [0.2, 0.25) is 0 Å². The molecule has 0 fully saturated rings. The smallest absolute Gasteiger partial charge is 0.269 e. The molecule has 3 rings (SSSR count). The molecule has 0 unspecified atom stereocenters. The number of carbonyl (C=O) groups is 1. The van der Waals surface area contributed by atoms with Gasteiger partial charge in [0.2, 0.25) is 0 Å². The number of aromatic nitrogens is 1. The molecular formula is C21H16N4OS2. The van der Waals surface area contributed by atoms with Crippen LogP contribution in [0.15, 0.2) is 52.4 Å². The standard InChI is InChI=1S/C21H16N4OS2/c1-13(2)25(17-7-8-18-19(10-17)28-21(27)24-18)20(26)16(12-23)9-14-3-5-15(11-22)6-4-14/h3-10,13H,1-2H3,(H,24,27)/b16-9-. The average molecular weight is 405 g/mol. The summed E-state index contributed by atoms with van der Waals surface area (Å²) in [5.41, 5.74) is 2.75. The summed E-state index contributed by atoms with van der Waals surface area (Å²) in [6, 6.07) is 16.2. The lowest BCUT2D eigenvalue weighted by Crippen LogP contribution is -2.37. The molecule has 0 bridgehead atoms. The molecule has 1 amide bonds. The van der Waals surface area contributed by atoms with Crippen LogP contribution < -0.4 is 4.90 Å². The fourth-order valence-corrected chi connectivity index (χ4v) is 3.93. The monoisotopic (exact) mass is 404 g/mol. The second-order valence-electron chi connectivity index (χ2n) is 6.32. The minimum atomic E-state index is -0.378. The van der Waals surface area contributed by atoms with Crippen LogP contribution in [0, 0.1) is 22.7 Å². The summed E-state index contributed by atoms with van der Waals surface area (Å²) >= 11 is 5.72. The summed E-state index contributed by atoms with van der Waals surface area (Å²) in [5, 5.41) is 18.5. The summed E-state index contributed by atoms with van der Waals surface area (Å²) in [7, 11) is 0. The normalized spacial score (nSPS) is 11.3. The summed E-state index contributed by atoms with van der Waals surface area (Å²) in [4.78, 5) is 19.1. The molecular weight excluding hydrogens is 388 g/mol. The van der Waals surface area contributed by atoms with Gasteiger partial charge in [-0.3, -0.25) is 4.79 Å². The van der Waals surface area contributed by atoms with Gasteiger partial charge in [0.05, 0.1) is 21.8 Å². The number of carbonyl (C=O) groups excluding carboxylic acids is 1. The number of nitrogens with zero attached hydrogens (tertiary/aromatic N) is 4. The highest BCUT2D eigenvalue weighted by Gasteiger charge is 2.23. The predicted octanol–water partition coefficient (Wildman–Crippen LogP) is 4.81. The molecule has 3 aromatic rings. The molecule has 7 heteroatoms. The topological polar surface area (TPSA) is 80.8 Å². The second kappa shape index (κ2) is 8.26. The van der Waals surface area contributed by atoms with Gasteiger partial charge in [0.1, 0.15) is 16.0 Å². The fourth-order valence-electron chi connectivity index (χ4n) is 2.79. The van der Waals surface area contributed by atoms with Crippen LogP contribution in [0.1, 0.15) is 25.0 Å². The van der Waals surface area contributed by atoms with Gasteiger partial charge in [-0.1, -0.05) is 12.1 Å². The number of amides is 1. The van der Waals surface area contributed by atoms with Crippen molar-refractivity contribution in [2.45, 2.75) is 24.2 Å². The lowest BCUT2D eigenvalue weighted by Gasteiger charge is -2.26. The number of rotatable bonds is 4. The first-order valence-corrected chi connectivity index (χ1v) is 9.74. The van der Waals surface area contributed by atoms with Crippen molar-refractivity contribution in [1.29, 1.82) is 10.5 Å². The average Bonchev–Trinajstić information content (AvgIpc) is 3.05. The molecule has 0 spiro atoms. The van der Waals surface area contributed by atoms with Crippen molar-refractivity contribution in [2.75, 3.05) is 4.90 Å². The molecule has 0 atom stereocenters. The second-order valence-corrected chi connectivity index (χ2v) is 8.08. The molecule has 2 aromatic carbocycles. The molecule has 28 heavy (non-hydrogen) atoms. The summed E-state index contributed by atoms with van der Waals surface area (Å²) in [6.07, 6.45) is 1.54. The molecule has 0 N–H and O–H groups in total. The van der Waals surface area contributed by atoms with Crippen molar-refractivity contribution in [3.8, 4) is 12.1 Å². The van der Waals surface area contributed by atoms with E-state index in [2.05, 4.69) is 17.6 Å². The maximum Gasteiger partial charge on any atom is 0.269 e. The van der Waals surface area contributed by atoms with Crippen molar-refractivity contribution in [3.63, 3.8) is 0 Å². The van der Waals surface area contributed by atoms with Crippen LogP contribution in [0.4, 0.5) is 5.69 Å². The number of nitriles is 2. The number of anilines is 1. The molecule has 0 saturated carbocycles. The van der Waals surface area contributed by atoms with Gasteiger partial charge < -0.3 is 4.90 Å². The van der Waals surface area contributed by atoms with E-state index in [1.54, 1.807) is 29.2 Å². The Hall–Kier alpha value is -3.13. The third-order valence-electron chi connectivity index (χ3n) is 4.08. The number of hydrogen-bond acceptors (Lipinski definition) is 6. The van der Waals surface area contributed by atoms with E-state index in [-0.39, 0.29) is 17.5 Å². The fraction of sp³-hybridized carbons (Fsp3) is 0.143. The first kappa shape index (κ1) is 19.6. The lowest BCUT2D eigenvalue weighted by atomic mass is 10.1. The van der Waals surface area contributed by atoms with Crippen LogP contribution in [0.3, 0.4) is 0 Å². The van der Waals surface area contributed by atoms with E-state index in [0.29, 0.717) is 21.2 Å². The maximum atomic E-state index is 13.1. The maximum absolute atomic E-state index is 13.1. The Morgan fingerprint density at radius 1 is 1.21 bits per heavy atom. The van der Waals surface area contributed by atoms with Gasteiger partial charge in [0, 0.05) is 11.7 Å². The van der Waals surface area contributed by atoms with Gasteiger partial charge in [-0.05, 0) is 55.8 Å². The Kier molecular flexibility index (Phi) is 5.79. The minimum absolute atomic E-state index is 0.0256. The van der Waals surface area contributed by atoms with Crippen LogP contribution in [0.25, 0.3) is 16.3 Å². The first-order valence-electron chi connectivity index (χ1n) is 8.48. The predicted molar refractivity (Wildman–Crippen MR) is 114 cm³/mol. The van der Waals surface area contributed by atoms with Crippen molar-refractivity contribution in [2.24, 2.45) is 0 Å². The van der Waals surface area contributed by atoms with Gasteiger partial charge in [-0.15, -0.1) is 24.0 Å². The number of fused-ring (bicyclic) bond motifs is 1. The van der Waals surface area contributed by atoms with E-state index in [0.717, 1.165) is 10.2 Å². The summed E-state index contributed by atoms with van der Waals surface area (Å²) in [5.74, 6) is -0.378. The van der Waals surface area contributed by atoms with Gasteiger partial charge in [-0.25, -0.2) is 4.98 Å². The van der Waals surface area contributed by atoms with Crippen molar-refractivity contribution in [1.82, 2.24) is 4.98 Å². The number of thiol groups is 1. The van der Waals surface area contributed by atoms with Crippen LogP contribution in [-0.2, 0) is 4.79 Å². The van der Waals surface area contributed by atoms with Gasteiger partial charge in [0.25, 0.3) is 5.91 Å². The third-order valence-corrected chi connectivity index (χ3v) is 5.27. The Morgan fingerprint density at radius 2 is 1.93 bits per heavy atom. The highest BCUT2D eigenvalue weighted by Crippen LogP contribution is 2.30. The van der Waals surface area contributed by atoms with Crippen LogP contribution >= 0.6 is 24.0 Å². The quantitative estimate of drug-likeness (QED) is 0.385. The first-order chi connectivity index (χ1) is 13.4. The van der Waals surface area contributed by atoms with Crippen LogP contribution in [0.5, 0.6) is 0 Å². The van der Waals surface area contributed by atoms with Gasteiger partial charge >= 0.3 is 0 Å². The van der Waals surface area contributed by atoms with Gasteiger partial charge in [-0.2, -0.15) is 10.5 Å². The van der Waals surface area contributed by atoms with E-state index in [1.165, 1.54) is 17.4 Å². The molecule has 0 aliphatic carbocycles. The van der Waals surface area contributed by atoms with E-state index in [9.17, 15) is 10.1 Å². The van der Waals surface area contributed by atoms with E-state index < -0.39 is 0 Å². The van der Waals surface area contributed by atoms with Crippen LogP contribution in [-0.4, -0.2) is 16.9 Å². The molecule has 5 nitrogen and oxygen atoms in total. The Balaban J connectivity index is 1.99. The molecule has 0 aliphatic rings. The molecule has 0 saturated heterocycles. The van der Waals surface area contributed by atoms with Crippen molar-refractivity contribution < 1.29 is 4.79 Å². The number of thiazole rings is 1. The van der Waals surface area contributed by atoms with E-state index in [1.807, 2.05) is 44.2 Å². The molecule has 138 valence electrons. The molecule has 0 radical (unpaired) electrons.